The summed E-state index contributed by atoms with van der Waals surface area (Å²) in [6.07, 6.45) is 24.4. The number of allylic oxidation sites excluding steroid dienone is 2. The highest BCUT2D eigenvalue weighted by molar-refractivity contribution is 5.69. The fourth-order valence-corrected chi connectivity index (χ4v) is 8.46. The van der Waals surface area contributed by atoms with Gasteiger partial charge in [0.2, 0.25) is 0 Å². The molecule has 11 atom stereocenters. The second-order valence-electron chi connectivity index (χ2n) is 18.7. The highest BCUT2D eigenvalue weighted by Crippen LogP contribution is 2.26. The molecular weight excluding hydrogens is 837 g/mol. The van der Waals surface area contributed by atoms with E-state index in [0.717, 1.165) is 38.5 Å². The highest BCUT2D eigenvalue weighted by atomic mass is 16.7. The third kappa shape index (κ3) is 27.5. The maximum atomic E-state index is 12.9. The molecular formula is C51H96O14. The van der Waals surface area contributed by atoms with Crippen molar-refractivity contribution in [3.05, 3.63) is 12.2 Å². The van der Waals surface area contributed by atoms with Crippen molar-refractivity contribution in [2.24, 2.45) is 0 Å². The van der Waals surface area contributed by atoms with Crippen LogP contribution in [0, 0.1) is 0 Å². The summed E-state index contributed by atoms with van der Waals surface area (Å²) >= 11 is 0. The van der Waals surface area contributed by atoms with E-state index in [-0.39, 0.29) is 25.6 Å². The lowest BCUT2D eigenvalue weighted by Crippen LogP contribution is -2.61. The minimum Gasteiger partial charge on any atom is -0.457 e. The summed E-state index contributed by atoms with van der Waals surface area (Å²) in [5.74, 6) is -0.377. The number of unbranched alkanes of at least 4 members (excludes halogenated alkanes) is 26. The van der Waals surface area contributed by atoms with E-state index in [9.17, 15) is 40.5 Å². The van der Waals surface area contributed by atoms with E-state index in [4.69, 9.17) is 28.4 Å². The number of rotatable bonds is 42. The van der Waals surface area contributed by atoms with Crippen molar-refractivity contribution >= 4 is 5.97 Å². The van der Waals surface area contributed by atoms with Gasteiger partial charge in [-0.15, -0.1) is 0 Å². The number of ether oxygens (including phenoxy) is 6. The normalized spacial score (nSPS) is 26.5. The van der Waals surface area contributed by atoms with Crippen LogP contribution >= 0.6 is 0 Å². The molecule has 7 N–H and O–H groups in total. The molecule has 2 aliphatic heterocycles. The summed E-state index contributed by atoms with van der Waals surface area (Å²) in [4.78, 5) is 12.9. The van der Waals surface area contributed by atoms with Crippen LogP contribution in [-0.2, 0) is 33.2 Å². The van der Waals surface area contributed by atoms with Crippen molar-refractivity contribution < 1.29 is 69.0 Å². The van der Waals surface area contributed by atoms with Crippen molar-refractivity contribution in [3.63, 3.8) is 0 Å². The Labute approximate surface area is 393 Å². The number of carbonyl (C=O) groups excluding carboxylic acids is 1. The van der Waals surface area contributed by atoms with Crippen LogP contribution in [0.1, 0.15) is 206 Å². The van der Waals surface area contributed by atoms with E-state index < -0.39 is 80.7 Å². The Hall–Kier alpha value is -1.27. The lowest BCUT2D eigenvalue weighted by molar-refractivity contribution is -0.332. The Kier molecular flexibility index (Phi) is 36.4. The third-order valence-electron chi connectivity index (χ3n) is 12.8. The maximum Gasteiger partial charge on any atom is 0.306 e. The van der Waals surface area contributed by atoms with Gasteiger partial charge in [0, 0.05) is 13.0 Å². The lowest BCUT2D eigenvalue weighted by Gasteiger charge is -2.42. The Balaban J connectivity index is 1.69. The van der Waals surface area contributed by atoms with Gasteiger partial charge >= 0.3 is 5.97 Å². The maximum absolute atomic E-state index is 12.9. The van der Waals surface area contributed by atoms with Crippen molar-refractivity contribution in [2.45, 2.75) is 274 Å². The van der Waals surface area contributed by atoms with E-state index in [1.165, 1.54) is 141 Å². The summed E-state index contributed by atoms with van der Waals surface area (Å²) in [5.41, 5.74) is 0. The second kappa shape index (κ2) is 39.6. The molecule has 0 aromatic carbocycles. The van der Waals surface area contributed by atoms with Gasteiger partial charge in [-0.05, 0) is 38.5 Å². The van der Waals surface area contributed by atoms with E-state index in [0.29, 0.717) is 13.0 Å². The molecule has 0 aromatic rings. The summed E-state index contributed by atoms with van der Waals surface area (Å²) in [6.45, 7) is 3.68. The standard InChI is InChI=1S/C51H96O14/c1-3-5-7-9-11-13-14-15-16-17-18-19-20-21-22-23-24-25-27-29-31-33-35-60-37-40(63-43(53)34-32-30-28-26-12-10-8-6-4-2)38-61-50-49(59)47(57)45(55)42(65-50)39-62-51-48(58)46(56)44(54)41(36-52)64-51/h17-18,40-42,44-52,54-59H,3-16,19-39H2,1-2H3/b18-17-. The molecule has 0 spiro atoms. The summed E-state index contributed by atoms with van der Waals surface area (Å²) in [6, 6.07) is 0. The van der Waals surface area contributed by atoms with Crippen LogP contribution in [0.2, 0.25) is 0 Å². The van der Waals surface area contributed by atoms with E-state index in [1.54, 1.807) is 0 Å². The van der Waals surface area contributed by atoms with Gasteiger partial charge in [0.05, 0.1) is 26.4 Å². The largest absolute Gasteiger partial charge is 0.457 e. The molecule has 14 nitrogen and oxygen atoms in total. The van der Waals surface area contributed by atoms with Crippen LogP contribution in [-0.4, -0.2) is 142 Å². The average molecular weight is 933 g/mol. The van der Waals surface area contributed by atoms with Gasteiger partial charge in [0.25, 0.3) is 0 Å². The van der Waals surface area contributed by atoms with Crippen molar-refractivity contribution in [3.8, 4) is 0 Å². The van der Waals surface area contributed by atoms with Crippen LogP contribution < -0.4 is 0 Å². The first-order valence-corrected chi connectivity index (χ1v) is 26.3. The fourth-order valence-electron chi connectivity index (χ4n) is 8.46. The van der Waals surface area contributed by atoms with Gasteiger partial charge in [-0.3, -0.25) is 4.79 Å². The number of aliphatic hydroxyl groups is 7. The SMILES string of the molecule is CCCCCCCCCC/C=C\CCCCCCCCCCCCOCC(COC1OC(COC2OC(CO)C(O)C(O)C2O)C(O)C(O)C1O)OC(=O)CCCCCCCCCCC. The Morgan fingerprint density at radius 3 is 1.40 bits per heavy atom. The first kappa shape index (κ1) is 59.9. The van der Waals surface area contributed by atoms with Crippen LogP contribution in [0.15, 0.2) is 12.2 Å². The Morgan fingerprint density at radius 2 is 0.908 bits per heavy atom. The topological polar surface area (TPSA) is 214 Å². The second-order valence-corrected chi connectivity index (χ2v) is 18.7. The molecule has 2 fully saturated rings. The molecule has 2 aliphatic rings. The van der Waals surface area contributed by atoms with Crippen molar-refractivity contribution in [2.75, 3.05) is 33.0 Å². The summed E-state index contributed by atoms with van der Waals surface area (Å²) in [5, 5.41) is 72.0. The summed E-state index contributed by atoms with van der Waals surface area (Å²) < 4.78 is 34.2. The minimum atomic E-state index is -1.70. The van der Waals surface area contributed by atoms with Crippen LogP contribution in [0.25, 0.3) is 0 Å². The molecule has 0 aliphatic carbocycles. The number of aliphatic hydroxyl groups excluding tert-OH is 7. The molecule has 0 radical (unpaired) electrons. The van der Waals surface area contributed by atoms with Crippen molar-refractivity contribution in [1.29, 1.82) is 0 Å². The average Bonchev–Trinajstić information content (AvgIpc) is 3.30. The predicted octanol–water partition coefficient (Wildman–Crippen LogP) is 7.85. The molecule has 0 saturated carbocycles. The van der Waals surface area contributed by atoms with Crippen LogP contribution in [0.5, 0.6) is 0 Å². The van der Waals surface area contributed by atoms with Gasteiger partial charge < -0.3 is 64.2 Å². The first-order valence-electron chi connectivity index (χ1n) is 26.3. The van der Waals surface area contributed by atoms with Gasteiger partial charge in [-0.2, -0.15) is 0 Å². The Morgan fingerprint density at radius 1 is 0.492 bits per heavy atom. The zero-order valence-electron chi connectivity index (χ0n) is 40.7. The van der Waals surface area contributed by atoms with E-state index in [2.05, 4.69) is 26.0 Å². The molecule has 0 aromatic heterocycles. The zero-order chi connectivity index (χ0) is 47.3. The smallest absolute Gasteiger partial charge is 0.306 e. The molecule has 0 bridgehead atoms. The highest BCUT2D eigenvalue weighted by Gasteiger charge is 2.47. The molecule has 14 heteroatoms. The molecule has 65 heavy (non-hydrogen) atoms. The number of hydrogen-bond donors (Lipinski definition) is 7. The van der Waals surface area contributed by atoms with Crippen LogP contribution in [0.4, 0.5) is 0 Å². The lowest BCUT2D eigenvalue weighted by atomic mass is 9.98. The van der Waals surface area contributed by atoms with Gasteiger partial charge in [0.1, 0.15) is 54.9 Å². The van der Waals surface area contributed by atoms with Gasteiger partial charge in [-0.1, -0.05) is 174 Å². The predicted molar refractivity (Wildman–Crippen MR) is 252 cm³/mol. The quantitative estimate of drug-likeness (QED) is 0.0176. The van der Waals surface area contributed by atoms with E-state index in [1.807, 2.05) is 0 Å². The molecule has 2 heterocycles. The fraction of sp³-hybridized carbons (Fsp3) is 0.941. The first-order chi connectivity index (χ1) is 31.6. The molecule has 11 unspecified atom stereocenters. The number of carbonyl (C=O) groups is 1. The molecule has 384 valence electrons. The summed E-state index contributed by atoms with van der Waals surface area (Å²) in [7, 11) is 0. The molecule has 2 rings (SSSR count). The van der Waals surface area contributed by atoms with E-state index >= 15 is 0 Å². The zero-order valence-corrected chi connectivity index (χ0v) is 40.7. The van der Waals surface area contributed by atoms with Crippen LogP contribution in [0.3, 0.4) is 0 Å². The van der Waals surface area contributed by atoms with Gasteiger partial charge in [-0.25, -0.2) is 0 Å². The monoisotopic (exact) mass is 933 g/mol. The number of hydrogen-bond acceptors (Lipinski definition) is 14. The number of esters is 1. The Bertz CT molecular complexity index is 1130. The minimum absolute atomic E-state index is 0.0657. The molecule has 2 saturated heterocycles. The van der Waals surface area contributed by atoms with Crippen molar-refractivity contribution in [1.82, 2.24) is 0 Å². The third-order valence-corrected chi connectivity index (χ3v) is 12.8. The van der Waals surface area contributed by atoms with Gasteiger partial charge in [0.15, 0.2) is 12.6 Å². The molecule has 0 amide bonds.